The molecule has 18 heavy (non-hydrogen) atoms. The highest BCUT2D eigenvalue weighted by Gasteiger charge is 2.25. The van der Waals surface area contributed by atoms with Gasteiger partial charge in [0, 0.05) is 6.54 Å². The molecule has 0 spiro atoms. The van der Waals surface area contributed by atoms with Crippen molar-refractivity contribution in [3.8, 4) is 0 Å². The second kappa shape index (κ2) is 7.41. The number of carbonyl (C=O) groups excluding carboxylic acids is 2. The lowest BCUT2D eigenvalue weighted by atomic mass is 10.2. The Hall–Kier alpha value is -1.92. The molecule has 1 amide bonds. The Morgan fingerprint density at radius 3 is 2.61 bits per heavy atom. The summed E-state index contributed by atoms with van der Waals surface area (Å²) in [6, 6.07) is 8.33. The topological polar surface area (TPSA) is 81.9 Å². The van der Waals surface area contributed by atoms with Gasteiger partial charge in [-0.05, 0) is 5.56 Å². The zero-order valence-corrected chi connectivity index (χ0v) is 10.1. The van der Waals surface area contributed by atoms with Crippen LogP contribution >= 0.6 is 0 Å². The molecule has 1 aromatic rings. The fraction of sp³-hybridized carbons (Fsp3) is 0.333. The van der Waals surface area contributed by atoms with Crippen molar-refractivity contribution in [3.05, 3.63) is 35.9 Å². The summed E-state index contributed by atoms with van der Waals surface area (Å²) >= 11 is 0. The molecule has 0 radical (unpaired) electrons. The molecule has 0 aliphatic heterocycles. The van der Waals surface area contributed by atoms with Gasteiger partial charge in [0.15, 0.2) is 6.04 Å². The van der Waals surface area contributed by atoms with E-state index in [-0.39, 0.29) is 13.2 Å². The van der Waals surface area contributed by atoms with E-state index in [2.05, 4.69) is 4.74 Å². The van der Waals surface area contributed by atoms with Crippen LogP contribution in [0.2, 0.25) is 0 Å². The molecule has 98 valence electrons. The van der Waals surface area contributed by atoms with Gasteiger partial charge >= 0.3 is 5.97 Å². The number of benzene rings is 1. The van der Waals surface area contributed by atoms with Crippen molar-refractivity contribution in [1.82, 2.24) is 5.06 Å². The molecule has 0 bridgehead atoms. The molecule has 6 heteroatoms. The van der Waals surface area contributed by atoms with Crippen LogP contribution in [0.1, 0.15) is 5.56 Å². The minimum absolute atomic E-state index is 0.0692. The largest absolute Gasteiger partial charge is 0.467 e. The minimum Gasteiger partial charge on any atom is -0.467 e. The molecule has 0 fully saturated rings. The number of methoxy groups -OCH3 is 1. The number of nitrogens with two attached hydrogens (primary N) is 1. The number of esters is 1. The zero-order chi connectivity index (χ0) is 13.4. The van der Waals surface area contributed by atoms with E-state index in [0.29, 0.717) is 6.41 Å². The van der Waals surface area contributed by atoms with Crippen molar-refractivity contribution >= 4 is 12.4 Å². The highest BCUT2D eigenvalue weighted by molar-refractivity contribution is 5.77. The van der Waals surface area contributed by atoms with Gasteiger partial charge in [-0.25, -0.2) is 9.86 Å². The Kier molecular flexibility index (Phi) is 5.83. The molecule has 6 nitrogen and oxygen atoms in total. The number of nitrogens with zero attached hydrogens (tertiary/aromatic N) is 1. The Labute approximate surface area is 105 Å². The number of hydrogen-bond acceptors (Lipinski definition) is 5. The molecule has 1 aromatic carbocycles. The van der Waals surface area contributed by atoms with Crippen LogP contribution in [0, 0.1) is 0 Å². The highest BCUT2D eigenvalue weighted by Crippen LogP contribution is 2.05. The van der Waals surface area contributed by atoms with E-state index in [1.165, 1.54) is 7.11 Å². The summed E-state index contributed by atoms with van der Waals surface area (Å²) in [6.45, 7) is 0.104. The SMILES string of the molecule is COC(=O)[C@H](CN)N(C=O)OCc1ccccc1. The maximum Gasteiger partial charge on any atom is 0.332 e. The molecule has 1 atom stereocenters. The third-order valence-electron chi connectivity index (χ3n) is 2.33. The first-order valence-electron chi connectivity index (χ1n) is 5.41. The van der Waals surface area contributed by atoms with Crippen LogP contribution in [0.5, 0.6) is 0 Å². The third kappa shape index (κ3) is 3.83. The lowest BCUT2D eigenvalue weighted by Crippen LogP contribution is -2.45. The van der Waals surface area contributed by atoms with Crippen molar-refractivity contribution in [2.24, 2.45) is 5.73 Å². The van der Waals surface area contributed by atoms with Crippen LogP contribution in [-0.4, -0.2) is 37.1 Å². The van der Waals surface area contributed by atoms with Gasteiger partial charge < -0.3 is 10.5 Å². The molecule has 0 aliphatic rings. The monoisotopic (exact) mass is 252 g/mol. The van der Waals surface area contributed by atoms with Crippen molar-refractivity contribution in [3.63, 3.8) is 0 Å². The van der Waals surface area contributed by atoms with E-state index in [1.54, 1.807) is 0 Å². The average Bonchev–Trinajstić information content (AvgIpc) is 2.43. The van der Waals surface area contributed by atoms with E-state index in [9.17, 15) is 9.59 Å². The van der Waals surface area contributed by atoms with Crippen LogP contribution in [0.15, 0.2) is 30.3 Å². The lowest BCUT2D eigenvalue weighted by Gasteiger charge is -2.23. The summed E-state index contributed by atoms with van der Waals surface area (Å²) in [6.07, 6.45) is 0.414. The molecule has 0 aromatic heterocycles. The second-order valence-electron chi connectivity index (χ2n) is 3.50. The van der Waals surface area contributed by atoms with Gasteiger partial charge in [0.05, 0.1) is 7.11 Å². The Morgan fingerprint density at radius 2 is 2.11 bits per heavy atom. The van der Waals surface area contributed by atoms with Gasteiger partial charge in [0.25, 0.3) is 0 Å². The number of carbonyl (C=O) groups is 2. The van der Waals surface area contributed by atoms with Crippen molar-refractivity contribution in [1.29, 1.82) is 0 Å². The summed E-state index contributed by atoms with van der Waals surface area (Å²) in [5.74, 6) is -0.613. The number of amides is 1. The van der Waals surface area contributed by atoms with Crippen LogP contribution in [-0.2, 0) is 25.8 Å². The van der Waals surface area contributed by atoms with Crippen LogP contribution < -0.4 is 5.73 Å². The fourth-order valence-corrected chi connectivity index (χ4v) is 1.36. The van der Waals surface area contributed by atoms with Gasteiger partial charge in [-0.15, -0.1) is 0 Å². The van der Waals surface area contributed by atoms with Crippen LogP contribution in [0.4, 0.5) is 0 Å². The van der Waals surface area contributed by atoms with E-state index in [1.807, 2.05) is 30.3 Å². The summed E-state index contributed by atoms with van der Waals surface area (Å²) in [5.41, 5.74) is 6.29. The zero-order valence-electron chi connectivity index (χ0n) is 10.1. The maximum atomic E-state index is 11.4. The summed E-state index contributed by atoms with van der Waals surface area (Å²) in [7, 11) is 1.23. The predicted molar refractivity (Wildman–Crippen MR) is 64.0 cm³/mol. The fourth-order valence-electron chi connectivity index (χ4n) is 1.36. The first-order valence-corrected chi connectivity index (χ1v) is 5.41. The van der Waals surface area contributed by atoms with Crippen molar-refractivity contribution in [2.45, 2.75) is 12.6 Å². The van der Waals surface area contributed by atoms with Gasteiger partial charge in [-0.3, -0.25) is 9.63 Å². The Balaban J connectivity index is 2.61. The van der Waals surface area contributed by atoms with Gasteiger partial charge in [0.1, 0.15) is 6.61 Å². The molecule has 0 aliphatic carbocycles. The molecule has 1 rings (SSSR count). The van der Waals surface area contributed by atoms with E-state index >= 15 is 0 Å². The molecule has 0 unspecified atom stereocenters. The molecule has 2 N–H and O–H groups in total. The number of hydroxylamine groups is 2. The van der Waals surface area contributed by atoms with Gasteiger partial charge in [-0.2, -0.15) is 0 Å². The van der Waals surface area contributed by atoms with Crippen LogP contribution in [0.3, 0.4) is 0 Å². The molecule has 0 heterocycles. The Morgan fingerprint density at radius 1 is 1.44 bits per heavy atom. The third-order valence-corrected chi connectivity index (χ3v) is 2.33. The van der Waals surface area contributed by atoms with E-state index < -0.39 is 12.0 Å². The van der Waals surface area contributed by atoms with Crippen molar-refractivity contribution in [2.75, 3.05) is 13.7 Å². The van der Waals surface area contributed by atoms with Gasteiger partial charge in [0.2, 0.25) is 6.41 Å². The maximum absolute atomic E-state index is 11.4. The summed E-state index contributed by atoms with van der Waals surface area (Å²) in [4.78, 5) is 27.5. The number of hydrogen-bond donors (Lipinski definition) is 1. The lowest BCUT2D eigenvalue weighted by molar-refractivity contribution is -0.200. The first kappa shape index (κ1) is 14.1. The summed E-state index contributed by atoms with van der Waals surface area (Å²) in [5, 5.41) is 0.874. The van der Waals surface area contributed by atoms with Gasteiger partial charge in [-0.1, -0.05) is 30.3 Å². The number of ether oxygens (including phenoxy) is 1. The van der Waals surface area contributed by atoms with Crippen LogP contribution in [0.25, 0.3) is 0 Å². The summed E-state index contributed by atoms with van der Waals surface area (Å²) < 4.78 is 4.54. The molecule has 0 saturated heterocycles. The standard InChI is InChI=1S/C12H16N2O4/c1-17-12(16)11(7-13)14(9-15)18-8-10-5-3-2-4-6-10/h2-6,9,11H,7-8,13H2,1H3/t11-/m0/s1. The second-order valence-corrected chi connectivity index (χ2v) is 3.50. The number of rotatable bonds is 7. The predicted octanol–water partition coefficient (Wildman–Crippen LogP) is 0.0769. The molecular weight excluding hydrogens is 236 g/mol. The smallest absolute Gasteiger partial charge is 0.332 e. The van der Waals surface area contributed by atoms with Crippen molar-refractivity contribution < 1.29 is 19.2 Å². The van der Waals surface area contributed by atoms with E-state index in [4.69, 9.17) is 10.6 Å². The average molecular weight is 252 g/mol. The Bertz CT molecular complexity index is 383. The first-order chi connectivity index (χ1) is 8.72. The normalized spacial score (nSPS) is 11.7. The van der Waals surface area contributed by atoms with E-state index in [0.717, 1.165) is 10.6 Å². The quantitative estimate of drug-likeness (QED) is 0.422. The minimum atomic E-state index is -0.934. The molecule has 0 saturated carbocycles. The highest BCUT2D eigenvalue weighted by atomic mass is 16.7. The molecular formula is C12H16N2O4.